The molecule has 4 rings (SSSR count). The standard InChI is InChI=1S/C21H23N3O4/c1-26-13-15-5-4-10-24(12-15)21(25)18-11-17(28-23-18)14-27-19-8-2-6-16-7-3-9-22-20(16)19/h2-3,6-9,11,15H,4-5,10,12-14H2,1H3/t15-/m0/s1. The van der Waals surface area contributed by atoms with Crippen LogP contribution in [-0.4, -0.2) is 47.8 Å². The molecule has 0 N–H and O–H groups in total. The van der Waals surface area contributed by atoms with E-state index in [0.29, 0.717) is 36.3 Å². The minimum Gasteiger partial charge on any atom is -0.483 e. The van der Waals surface area contributed by atoms with Crippen LogP contribution >= 0.6 is 0 Å². The summed E-state index contributed by atoms with van der Waals surface area (Å²) in [6, 6.07) is 11.3. The summed E-state index contributed by atoms with van der Waals surface area (Å²) in [5.74, 6) is 1.43. The fourth-order valence-corrected chi connectivity index (χ4v) is 3.61. The molecule has 0 aliphatic carbocycles. The summed E-state index contributed by atoms with van der Waals surface area (Å²) in [5, 5.41) is 4.95. The zero-order chi connectivity index (χ0) is 19.3. The number of carbonyl (C=O) groups excluding carboxylic acids is 1. The number of nitrogens with zero attached hydrogens (tertiary/aromatic N) is 3. The van der Waals surface area contributed by atoms with Crippen LogP contribution in [0.5, 0.6) is 5.75 Å². The third kappa shape index (κ3) is 3.99. The van der Waals surface area contributed by atoms with Crippen molar-refractivity contribution in [2.24, 2.45) is 5.92 Å². The summed E-state index contributed by atoms with van der Waals surface area (Å²) in [4.78, 5) is 18.9. The maximum atomic E-state index is 12.7. The molecule has 0 unspecified atom stereocenters. The molecular weight excluding hydrogens is 358 g/mol. The van der Waals surface area contributed by atoms with E-state index >= 15 is 0 Å². The van der Waals surface area contributed by atoms with Gasteiger partial charge in [0.05, 0.1) is 6.61 Å². The minimum absolute atomic E-state index is 0.109. The molecule has 7 nitrogen and oxygen atoms in total. The number of hydrogen-bond acceptors (Lipinski definition) is 6. The summed E-state index contributed by atoms with van der Waals surface area (Å²) >= 11 is 0. The van der Waals surface area contributed by atoms with Crippen LogP contribution in [-0.2, 0) is 11.3 Å². The van der Waals surface area contributed by atoms with Gasteiger partial charge in [-0.2, -0.15) is 0 Å². The van der Waals surface area contributed by atoms with Crippen molar-refractivity contribution in [3.05, 3.63) is 54.0 Å². The second kappa shape index (κ2) is 8.39. The van der Waals surface area contributed by atoms with Gasteiger partial charge >= 0.3 is 0 Å². The van der Waals surface area contributed by atoms with Crippen molar-refractivity contribution in [3.63, 3.8) is 0 Å². The van der Waals surface area contributed by atoms with Crippen LogP contribution in [0.1, 0.15) is 29.1 Å². The lowest BCUT2D eigenvalue weighted by molar-refractivity contribution is 0.0561. The lowest BCUT2D eigenvalue weighted by atomic mass is 9.99. The maximum absolute atomic E-state index is 12.7. The molecule has 1 saturated heterocycles. The van der Waals surface area contributed by atoms with E-state index in [1.54, 1.807) is 19.4 Å². The molecule has 1 aromatic carbocycles. The van der Waals surface area contributed by atoms with E-state index in [1.165, 1.54) is 0 Å². The Morgan fingerprint density at radius 3 is 3.11 bits per heavy atom. The van der Waals surface area contributed by atoms with E-state index in [-0.39, 0.29) is 12.5 Å². The molecule has 1 aliphatic heterocycles. The number of amides is 1. The van der Waals surface area contributed by atoms with Crippen molar-refractivity contribution in [2.75, 3.05) is 26.8 Å². The van der Waals surface area contributed by atoms with Gasteiger partial charge in [0.1, 0.15) is 17.9 Å². The van der Waals surface area contributed by atoms with Gasteiger partial charge in [-0.3, -0.25) is 9.78 Å². The first kappa shape index (κ1) is 18.4. The van der Waals surface area contributed by atoms with E-state index in [9.17, 15) is 4.79 Å². The highest BCUT2D eigenvalue weighted by Crippen LogP contribution is 2.24. The summed E-state index contributed by atoms with van der Waals surface area (Å²) in [6.07, 6.45) is 3.78. The quantitative estimate of drug-likeness (QED) is 0.652. The number of likely N-dealkylation sites (tertiary alicyclic amines) is 1. The van der Waals surface area contributed by atoms with Crippen molar-refractivity contribution in [1.29, 1.82) is 0 Å². The van der Waals surface area contributed by atoms with E-state index in [4.69, 9.17) is 14.0 Å². The van der Waals surface area contributed by atoms with Crippen molar-refractivity contribution in [3.8, 4) is 5.75 Å². The molecule has 1 amide bonds. The van der Waals surface area contributed by atoms with E-state index < -0.39 is 0 Å². The normalized spacial score (nSPS) is 17.0. The van der Waals surface area contributed by atoms with Crippen LogP contribution in [0.4, 0.5) is 0 Å². The number of aromatic nitrogens is 2. The number of benzene rings is 1. The first-order chi connectivity index (χ1) is 13.7. The Bertz CT molecular complexity index is 948. The van der Waals surface area contributed by atoms with Gasteiger partial charge < -0.3 is 18.9 Å². The Morgan fingerprint density at radius 1 is 1.32 bits per heavy atom. The van der Waals surface area contributed by atoms with Gasteiger partial charge in [-0.25, -0.2) is 0 Å². The molecule has 0 spiro atoms. The van der Waals surface area contributed by atoms with E-state index in [1.807, 2.05) is 35.2 Å². The monoisotopic (exact) mass is 381 g/mol. The highest BCUT2D eigenvalue weighted by atomic mass is 16.5. The number of para-hydroxylation sites is 1. The van der Waals surface area contributed by atoms with Crippen LogP contribution < -0.4 is 4.74 Å². The minimum atomic E-state index is -0.109. The first-order valence-corrected chi connectivity index (χ1v) is 9.45. The summed E-state index contributed by atoms with van der Waals surface area (Å²) in [6.45, 7) is 2.27. The maximum Gasteiger partial charge on any atom is 0.276 e. The second-order valence-electron chi connectivity index (χ2n) is 7.01. The summed E-state index contributed by atoms with van der Waals surface area (Å²) in [5.41, 5.74) is 1.10. The zero-order valence-electron chi connectivity index (χ0n) is 15.8. The molecule has 0 bridgehead atoms. The van der Waals surface area contributed by atoms with Gasteiger partial charge in [0, 0.05) is 37.8 Å². The molecule has 1 aliphatic rings. The molecule has 7 heteroatoms. The highest BCUT2D eigenvalue weighted by Gasteiger charge is 2.26. The number of hydrogen-bond donors (Lipinski definition) is 0. The molecule has 1 fully saturated rings. The van der Waals surface area contributed by atoms with Crippen LogP contribution in [0.2, 0.25) is 0 Å². The van der Waals surface area contributed by atoms with Crippen LogP contribution in [0, 0.1) is 5.92 Å². The number of fused-ring (bicyclic) bond motifs is 1. The molecule has 3 heterocycles. The number of ether oxygens (including phenoxy) is 2. The number of pyridine rings is 1. The van der Waals surface area contributed by atoms with Crippen molar-refractivity contribution >= 4 is 16.8 Å². The third-order valence-electron chi connectivity index (χ3n) is 4.95. The van der Waals surface area contributed by atoms with Crippen LogP contribution in [0.25, 0.3) is 10.9 Å². The number of piperidine rings is 1. The van der Waals surface area contributed by atoms with Crippen LogP contribution in [0.15, 0.2) is 47.1 Å². The number of rotatable bonds is 6. The third-order valence-corrected chi connectivity index (χ3v) is 4.95. The average Bonchev–Trinajstić information content (AvgIpc) is 3.21. The molecule has 146 valence electrons. The summed E-state index contributed by atoms with van der Waals surface area (Å²) < 4.78 is 16.4. The van der Waals surface area contributed by atoms with Crippen molar-refractivity contribution in [2.45, 2.75) is 19.4 Å². The lowest BCUT2D eigenvalue weighted by Gasteiger charge is -2.31. The Hall–Kier alpha value is -2.93. The number of carbonyl (C=O) groups is 1. The fraction of sp³-hybridized carbons (Fsp3) is 0.381. The first-order valence-electron chi connectivity index (χ1n) is 9.45. The molecule has 0 radical (unpaired) electrons. The predicted molar refractivity (Wildman–Crippen MR) is 103 cm³/mol. The SMILES string of the molecule is COC[C@H]1CCCN(C(=O)c2cc(COc3cccc4cccnc34)on2)C1. The zero-order valence-corrected chi connectivity index (χ0v) is 15.8. The Labute approximate surface area is 163 Å². The van der Waals surface area contributed by atoms with Gasteiger partial charge in [-0.05, 0) is 30.9 Å². The predicted octanol–water partition coefficient (Wildman–Crippen LogP) is 3.30. The molecule has 3 aromatic rings. The van der Waals surface area contributed by atoms with E-state index in [2.05, 4.69) is 10.1 Å². The topological polar surface area (TPSA) is 77.7 Å². The van der Waals surface area contributed by atoms with Crippen molar-refractivity contribution < 1.29 is 18.8 Å². The van der Waals surface area contributed by atoms with Gasteiger partial charge in [0.15, 0.2) is 11.5 Å². The molecule has 2 aromatic heterocycles. The van der Waals surface area contributed by atoms with E-state index in [0.717, 1.165) is 30.3 Å². The largest absolute Gasteiger partial charge is 0.483 e. The van der Waals surface area contributed by atoms with Gasteiger partial charge in [0.25, 0.3) is 5.91 Å². The van der Waals surface area contributed by atoms with Gasteiger partial charge in [-0.1, -0.05) is 23.4 Å². The molecule has 28 heavy (non-hydrogen) atoms. The molecule has 0 saturated carbocycles. The van der Waals surface area contributed by atoms with Crippen molar-refractivity contribution in [1.82, 2.24) is 15.0 Å². The summed E-state index contributed by atoms with van der Waals surface area (Å²) in [7, 11) is 1.69. The number of methoxy groups -OCH3 is 1. The molecular formula is C21H23N3O4. The Kier molecular flexibility index (Phi) is 5.53. The fourth-order valence-electron chi connectivity index (χ4n) is 3.61. The van der Waals surface area contributed by atoms with Crippen LogP contribution in [0.3, 0.4) is 0 Å². The lowest BCUT2D eigenvalue weighted by Crippen LogP contribution is -2.41. The van der Waals surface area contributed by atoms with Gasteiger partial charge in [-0.15, -0.1) is 0 Å². The second-order valence-corrected chi connectivity index (χ2v) is 7.01. The highest BCUT2D eigenvalue weighted by molar-refractivity contribution is 5.92. The Morgan fingerprint density at radius 2 is 2.21 bits per heavy atom. The van der Waals surface area contributed by atoms with Gasteiger partial charge in [0.2, 0.25) is 0 Å². The Balaban J connectivity index is 1.41. The smallest absolute Gasteiger partial charge is 0.276 e. The molecule has 1 atom stereocenters. The average molecular weight is 381 g/mol.